The van der Waals surface area contributed by atoms with Crippen LogP contribution in [0.4, 0.5) is 5.69 Å². The van der Waals surface area contributed by atoms with Gasteiger partial charge in [0.2, 0.25) is 0 Å². The fourth-order valence-electron chi connectivity index (χ4n) is 2.55. The lowest BCUT2D eigenvalue weighted by Gasteiger charge is -2.28. The molecule has 2 heterocycles. The molecule has 0 radical (unpaired) electrons. The molecule has 0 saturated carbocycles. The molecule has 6 heteroatoms. The van der Waals surface area contributed by atoms with Crippen molar-refractivity contribution < 1.29 is 4.79 Å². The summed E-state index contributed by atoms with van der Waals surface area (Å²) in [6.07, 6.45) is 3.87. The lowest BCUT2D eigenvalue weighted by Crippen LogP contribution is -2.30. The number of amides is 1. The summed E-state index contributed by atoms with van der Waals surface area (Å²) in [5.74, 6) is 4.76. The zero-order chi connectivity index (χ0) is 14.7. The van der Waals surface area contributed by atoms with Crippen molar-refractivity contribution in [2.45, 2.75) is 19.3 Å². The summed E-state index contributed by atoms with van der Waals surface area (Å²) in [6.45, 7) is 2.27. The molecule has 21 heavy (non-hydrogen) atoms. The van der Waals surface area contributed by atoms with Gasteiger partial charge in [0.25, 0.3) is 5.91 Å². The predicted molar refractivity (Wildman–Crippen MR) is 85.3 cm³/mol. The molecular formula is C15H18N4OS. The molecule has 1 aromatic carbocycles. The van der Waals surface area contributed by atoms with Crippen LogP contribution in [0.15, 0.2) is 29.6 Å². The summed E-state index contributed by atoms with van der Waals surface area (Å²) in [4.78, 5) is 18.1. The van der Waals surface area contributed by atoms with Gasteiger partial charge in [-0.2, -0.15) is 0 Å². The lowest BCUT2D eigenvalue weighted by atomic mass is 10.1. The van der Waals surface area contributed by atoms with E-state index in [0.717, 1.165) is 23.7 Å². The van der Waals surface area contributed by atoms with Crippen molar-refractivity contribution >= 4 is 22.9 Å². The number of hydrazine groups is 1. The van der Waals surface area contributed by atoms with E-state index in [9.17, 15) is 4.79 Å². The molecular weight excluding hydrogens is 284 g/mol. The topological polar surface area (TPSA) is 71.2 Å². The standard InChI is InChI=1S/C15H18N4OS/c16-18-14(20)13-10-21-15(17-13)11-4-6-12(7-5-11)19-8-2-1-3-9-19/h4-7,10H,1-3,8-9,16H2,(H,18,20). The zero-order valence-electron chi connectivity index (χ0n) is 11.7. The number of piperidine rings is 1. The van der Waals surface area contributed by atoms with Crippen LogP contribution in [-0.4, -0.2) is 24.0 Å². The normalized spacial score (nSPS) is 15.0. The van der Waals surface area contributed by atoms with Crippen LogP contribution in [0.1, 0.15) is 29.8 Å². The monoisotopic (exact) mass is 302 g/mol. The predicted octanol–water partition coefficient (Wildman–Crippen LogP) is 2.40. The minimum absolute atomic E-state index is 0.359. The van der Waals surface area contributed by atoms with Crippen LogP contribution in [0.25, 0.3) is 10.6 Å². The van der Waals surface area contributed by atoms with Crippen LogP contribution in [0.3, 0.4) is 0 Å². The number of hydrogen-bond donors (Lipinski definition) is 2. The van der Waals surface area contributed by atoms with Gasteiger partial charge in [-0.25, -0.2) is 10.8 Å². The average molecular weight is 302 g/mol. The highest BCUT2D eigenvalue weighted by atomic mass is 32.1. The van der Waals surface area contributed by atoms with Crippen LogP contribution in [0.5, 0.6) is 0 Å². The summed E-state index contributed by atoms with van der Waals surface area (Å²) in [6, 6.07) is 8.38. The van der Waals surface area contributed by atoms with Gasteiger partial charge in [-0.1, -0.05) is 0 Å². The molecule has 3 rings (SSSR count). The number of nitrogens with one attached hydrogen (secondary N) is 1. The number of carbonyl (C=O) groups excluding carboxylic acids is 1. The van der Waals surface area contributed by atoms with Crippen molar-refractivity contribution in [1.82, 2.24) is 10.4 Å². The summed E-state index contributed by atoms with van der Waals surface area (Å²) in [5, 5.41) is 2.55. The molecule has 0 spiro atoms. The first-order valence-electron chi connectivity index (χ1n) is 7.10. The van der Waals surface area contributed by atoms with Crippen LogP contribution in [0, 0.1) is 0 Å². The number of hydrogen-bond acceptors (Lipinski definition) is 5. The lowest BCUT2D eigenvalue weighted by molar-refractivity contribution is 0.0949. The highest BCUT2D eigenvalue weighted by Gasteiger charge is 2.13. The van der Waals surface area contributed by atoms with Gasteiger partial charge in [0.1, 0.15) is 10.7 Å². The third-order valence-corrected chi connectivity index (χ3v) is 4.59. The van der Waals surface area contributed by atoms with Crippen molar-refractivity contribution in [3.8, 4) is 10.6 Å². The Kier molecular flexibility index (Phi) is 4.17. The number of nitrogen functional groups attached to an aromatic ring is 1. The first-order valence-corrected chi connectivity index (χ1v) is 7.98. The van der Waals surface area contributed by atoms with E-state index in [-0.39, 0.29) is 5.91 Å². The summed E-state index contributed by atoms with van der Waals surface area (Å²) < 4.78 is 0. The second-order valence-corrected chi connectivity index (χ2v) is 5.96. The molecule has 0 aliphatic carbocycles. The fraction of sp³-hybridized carbons (Fsp3) is 0.333. The van der Waals surface area contributed by atoms with Crippen LogP contribution in [-0.2, 0) is 0 Å². The van der Waals surface area contributed by atoms with E-state index in [4.69, 9.17) is 5.84 Å². The molecule has 1 aliphatic rings. The Hall–Kier alpha value is -1.92. The van der Waals surface area contributed by atoms with Gasteiger partial charge in [0.05, 0.1) is 0 Å². The minimum Gasteiger partial charge on any atom is -0.372 e. The molecule has 1 amide bonds. The molecule has 3 N–H and O–H groups in total. The van der Waals surface area contributed by atoms with E-state index in [1.807, 2.05) is 0 Å². The highest BCUT2D eigenvalue weighted by Crippen LogP contribution is 2.27. The maximum absolute atomic E-state index is 11.4. The minimum atomic E-state index is -0.359. The average Bonchev–Trinajstić information content (AvgIpc) is 3.05. The Morgan fingerprint density at radius 1 is 1.19 bits per heavy atom. The van der Waals surface area contributed by atoms with Gasteiger partial charge in [-0.15, -0.1) is 11.3 Å². The number of benzene rings is 1. The molecule has 110 valence electrons. The zero-order valence-corrected chi connectivity index (χ0v) is 12.5. The maximum atomic E-state index is 11.4. The second kappa shape index (κ2) is 6.24. The van der Waals surface area contributed by atoms with E-state index in [1.165, 1.54) is 36.3 Å². The Morgan fingerprint density at radius 2 is 1.90 bits per heavy atom. The van der Waals surface area contributed by atoms with E-state index in [0.29, 0.717) is 5.69 Å². The second-order valence-electron chi connectivity index (χ2n) is 5.11. The van der Waals surface area contributed by atoms with Crippen molar-refractivity contribution in [2.24, 2.45) is 5.84 Å². The Morgan fingerprint density at radius 3 is 2.57 bits per heavy atom. The third kappa shape index (κ3) is 3.06. The van der Waals surface area contributed by atoms with Crippen molar-refractivity contribution in [3.63, 3.8) is 0 Å². The smallest absolute Gasteiger partial charge is 0.284 e. The number of rotatable bonds is 3. The molecule has 2 aromatic rings. The first-order chi connectivity index (χ1) is 10.3. The van der Waals surface area contributed by atoms with Gasteiger partial charge < -0.3 is 4.90 Å². The fourth-order valence-corrected chi connectivity index (χ4v) is 3.36. The van der Waals surface area contributed by atoms with Crippen molar-refractivity contribution in [3.05, 3.63) is 35.3 Å². The number of carbonyl (C=O) groups is 1. The summed E-state index contributed by atoms with van der Waals surface area (Å²) in [7, 11) is 0. The number of anilines is 1. The Labute approximate surface area is 127 Å². The van der Waals surface area contributed by atoms with E-state index >= 15 is 0 Å². The van der Waals surface area contributed by atoms with E-state index in [1.54, 1.807) is 5.38 Å². The summed E-state index contributed by atoms with van der Waals surface area (Å²) in [5.41, 5.74) is 4.74. The Bertz CT molecular complexity index is 617. The van der Waals surface area contributed by atoms with E-state index in [2.05, 4.69) is 39.6 Å². The van der Waals surface area contributed by atoms with E-state index < -0.39 is 0 Å². The van der Waals surface area contributed by atoms with Gasteiger partial charge in [0.15, 0.2) is 0 Å². The summed E-state index contributed by atoms with van der Waals surface area (Å²) >= 11 is 1.45. The Balaban J connectivity index is 1.77. The SMILES string of the molecule is NNC(=O)c1csc(-c2ccc(N3CCCCC3)cc2)n1. The number of thiazole rings is 1. The van der Waals surface area contributed by atoms with Crippen molar-refractivity contribution in [1.29, 1.82) is 0 Å². The quantitative estimate of drug-likeness (QED) is 0.519. The van der Waals surface area contributed by atoms with Crippen LogP contribution < -0.4 is 16.2 Å². The van der Waals surface area contributed by atoms with Gasteiger partial charge in [-0.3, -0.25) is 10.2 Å². The third-order valence-electron chi connectivity index (χ3n) is 3.70. The molecule has 1 aliphatic heterocycles. The van der Waals surface area contributed by atoms with Crippen LogP contribution >= 0.6 is 11.3 Å². The van der Waals surface area contributed by atoms with Gasteiger partial charge in [0, 0.05) is 29.7 Å². The molecule has 1 aromatic heterocycles. The first kappa shape index (κ1) is 14.0. The molecule has 0 atom stereocenters. The largest absolute Gasteiger partial charge is 0.372 e. The molecule has 1 saturated heterocycles. The highest BCUT2D eigenvalue weighted by molar-refractivity contribution is 7.13. The maximum Gasteiger partial charge on any atom is 0.284 e. The number of aromatic nitrogens is 1. The van der Waals surface area contributed by atoms with Gasteiger partial charge >= 0.3 is 0 Å². The molecule has 0 unspecified atom stereocenters. The number of nitrogens with zero attached hydrogens (tertiary/aromatic N) is 2. The molecule has 5 nitrogen and oxygen atoms in total. The molecule has 0 bridgehead atoms. The van der Waals surface area contributed by atoms with Gasteiger partial charge in [-0.05, 0) is 43.5 Å². The van der Waals surface area contributed by atoms with Crippen molar-refractivity contribution in [2.75, 3.05) is 18.0 Å². The van der Waals surface area contributed by atoms with Crippen LogP contribution in [0.2, 0.25) is 0 Å². The number of nitrogens with two attached hydrogens (primary N) is 1. The molecule has 1 fully saturated rings.